The molecule has 0 saturated carbocycles. The van der Waals surface area contributed by atoms with E-state index in [1.54, 1.807) is 0 Å². The van der Waals surface area contributed by atoms with E-state index in [9.17, 15) is 0 Å². The van der Waals surface area contributed by atoms with Crippen molar-refractivity contribution in [3.8, 4) is 0 Å². The molecule has 2 atom stereocenters. The molecule has 0 aromatic heterocycles. The van der Waals surface area contributed by atoms with Crippen molar-refractivity contribution in [2.75, 3.05) is 32.8 Å². The third-order valence-corrected chi connectivity index (χ3v) is 3.24. The number of rotatable bonds is 7. The molecule has 2 unspecified atom stereocenters. The number of morpholine rings is 1. The highest BCUT2D eigenvalue weighted by Gasteiger charge is 2.15. The summed E-state index contributed by atoms with van der Waals surface area (Å²) in [5.74, 6) is 0. The number of unbranched alkanes of at least 4 members (excludes halogenated alkanes) is 1. The number of ether oxygens (including phenoxy) is 1. The van der Waals surface area contributed by atoms with Gasteiger partial charge < -0.3 is 10.1 Å². The zero-order valence-electron chi connectivity index (χ0n) is 11.2. The highest BCUT2D eigenvalue weighted by molar-refractivity contribution is 4.68. The van der Waals surface area contributed by atoms with Gasteiger partial charge in [-0.05, 0) is 39.8 Å². The van der Waals surface area contributed by atoms with Gasteiger partial charge in [0.2, 0.25) is 0 Å². The molecular weight excluding hydrogens is 200 g/mol. The molecule has 1 rings (SSSR count). The molecule has 0 bridgehead atoms. The molecule has 0 aliphatic carbocycles. The average molecular weight is 228 g/mol. The van der Waals surface area contributed by atoms with Crippen LogP contribution in [-0.4, -0.2) is 49.8 Å². The van der Waals surface area contributed by atoms with Crippen LogP contribution in [0, 0.1) is 0 Å². The van der Waals surface area contributed by atoms with E-state index in [0.29, 0.717) is 12.1 Å². The molecule has 1 heterocycles. The van der Waals surface area contributed by atoms with Crippen molar-refractivity contribution >= 4 is 0 Å². The van der Waals surface area contributed by atoms with E-state index in [0.717, 1.165) is 26.2 Å². The summed E-state index contributed by atoms with van der Waals surface area (Å²) in [4.78, 5) is 2.53. The van der Waals surface area contributed by atoms with Crippen molar-refractivity contribution in [1.29, 1.82) is 0 Å². The van der Waals surface area contributed by atoms with E-state index >= 15 is 0 Å². The minimum atomic E-state index is 0.425. The Morgan fingerprint density at radius 2 is 2.25 bits per heavy atom. The third-order valence-electron chi connectivity index (χ3n) is 3.24. The first-order chi connectivity index (χ1) is 7.72. The maximum absolute atomic E-state index is 5.53. The van der Waals surface area contributed by atoms with Gasteiger partial charge in [-0.3, -0.25) is 4.90 Å². The van der Waals surface area contributed by atoms with E-state index < -0.39 is 0 Å². The summed E-state index contributed by atoms with van der Waals surface area (Å²) in [5, 5.41) is 3.46. The van der Waals surface area contributed by atoms with Gasteiger partial charge in [-0.15, -0.1) is 0 Å². The summed E-state index contributed by atoms with van der Waals surface area (Å²) < 4.78 is 5.53. The van der Waals surface area contributed by atoms with E-state index in [1.807, 2.05) is 0 Å². The molecule has 1 N–H and O–H groups in total. The van der Waals surface area contributed by atoms with Gasteiger partial charge in [0.05, 0.1) is 12.7 Å². The van der Waals surface area contributed by atoms with Crippen LogP contribution in [0.5, 0.6) is 0 Å². The van der Waals surface area contributed by atoms with E-state index in [4.69, 9.17) is 4.74 Å². The topological polar surface area (TPSA) is 24.5 Å². The summed E-state index contributed by atoms with van der Waals surface area (Å²) in [6.07, 6.45) is 4.38. The molecule has 0 aromatic rings. The highest BCUT2D eigenvalue weighted by atomic mass is 16.5. The Morgan fingerprint density at radius 3 is 2.94 bits per heavy atom. The average Bonchev–Trinajstić information content (AvgIpc) is 2.25. The predicted octanol–water partition coefficient (Wildman–Crippen LogP) is 1.88. The standard InChI is InChI=1S/C13H28N2O/c1-4-14-12(2)7-5-6-8-15-9-10-16-13(3)11-15/h12-14H,4-11H2,1-3H3. The molecule has 0 radical (unpaired) electrons. The Labute approximate surface area is 101 Å². The van der Waals surface area contributed by atoms with Crippen molar-refractivity contribution in [2.24, 2.45) is 0 Å². The molecule has 0 amide bonds. The largest absolute Gasteiger partial charge is 0.376 e. The van der Waals surface area contributed by atoms with Gasteiger partial charge in [0.1, 0.15) is 0 Å². The first-order valence-electron chi connectivity index (χ1n) is 6.79. The molecule has 3 nitrogen and oxygen atoms in total. The minimum Gasteiger partial charge on any atom is -0.376 e. The molecule has 1 fully saturated rings. The fourth-order valence-electron chi connectivity index (χ4n) is 2.33. The lowest BCUT2D eigenvalue weighted by Gasteiger charge is -2.31. The predicted molar refractivity (Wildman–Crippen MR) is 68.8 cm³/mol. The Hall–Kier alpha value is -0.120. The van der Waals surface area contributed by atoms with Crippen LogP contribution in [0.2, 0.25) is 0 Å². The number of nitrogens with one attached hydrogen (secondary N) is 1. The monoisotopic (exact) mass is 228 g/mol. The van der Waals surface area contributed by atoms with Crippen LogP contribution in [0.3, 0.4) is 0 Å². The lowest BCUT2D eigenvalue weighted by Crippen LogP contribution is -2.41. The third kappa shape index (κ3) is 5.83. The highest BCUT2D eigenvalue weighted by Crippen LogP contribution is 2.07. The lowest BCUT2D eigenvalue weighted by molar-refractivity contribution is -0.0186. The summed E-state index contributed by atoms with van der Waals surface area (Å²) in [7, 11) is 0. The maximum Gasteiger partial charge on any atom is 0.0674 e. The molecular formula is C13H28N2O. The van der Waals surface area contributed by atoms with Gasteiger partial charge >= 0.3 is 0 Å². The van der Waals surface area contributed by atoms with Gasteiger partial charge in [0.15, 0.2) is 0 Å². The summed E-state index contributed by atoms with van der Waals surface area (Å²) in [6, 6.07) is 0.675. The van der Waals surface area contributed by atoms with Crippen LogP contribution in [0.15, 0.2) is 0 Å². The van der Waals surface area contributed by atoms with Crippen LogP contribution in [0.1, 0.15) is 40.0 Å². The van der Waals surface area contributed by atoms with Crippen LogP contribution in [-0.2, 0) is 4.74 Å². The first kappa shape index (κ1) is 13.9. The van der Waals surface area contributed by atoms with Crippen molar-refractivity contribution in [3.05, 3.63) is 0 Å². The van der Waals surface area contributed by atoms with Crippen molar-refractivity contribution in [3.63, 3.8) is 0 Å². The van der Waals surface area contributed by atoms with E-state index in [1.165, 1.54) is 25.8 Å². The number of nitrogens with zero attached hydrogens (tertiary/aromatic N) is 1. The maximum atomic E-state index is 5.53. The normalized spacial score (nSPS) is 24.6. The van der Waals surface area contributed by atoms with Crippen LogP contribution < -0.4 is 5.32 Å². The van der Waals surface area contributed by atoms with Crippen molar-refractivity contribution in [1.82, 2.24) is 10.2 Å². The van der Waals surface area contributed by atoms with Crippen LogP contribution in [0.4, 0.5) is 0 Å². The van der Waals surface area contributed by atoms with Crippen LogP contribution >= 0.6 is 0 Å². The molecule has 1 aliphatic heterocycles. The fourth-order valence-corrected chi connectivity index (χ4v) is 2.33. The van der Waals surface area contributed by atoms with Gasteiger partial charge in [0.25, 0.3) is 0 Å². The Morgan fingerprint density at radius 1 is 1.44 bits per heavy atom. The lowest BCUT2D eigenvalue weighted by atomic mass is 10.1. The SMILES string of the molecule is CCNC(C)CCCCN1CCOC(C)C1. The summed E-state index contributed by atoms with van der Waals surface area (Å²) >= 11 is 0. The molecule has 1 aliphatic rings. The summed E-state index contributed by atoms with van der Waals surface area (Å²) in [6.45, 7) is 12.1. The minimum absolute atomic E-state index is 0.425. The Bertz CT molecular complexity index is 175. The fraction of sp³-hybridized carbons (Fsp3) is 1.00. The van der Waals surface area contributed by atoms with Crippen molar-refractivity contribution < 1.29 is 4.74 Å². The molecule has 0 spiro atoms. The van der Waals surface area contributed by atoms with Gasteiger partial charge in [-0.2, -0.15) is 0 Å². The second-order valence-electron chi connectivity index (χ2n) is 4.94. The summed E-state index contributed by atoms with van der Waals surface area (Å²) in [5.41, 5.74) is 0. The quantitative estimate of drug-likeness (QED) is 0.673. The second kappa shape index (κ2) is 8.04. The molecule has 96 valence electrons. The zero-order valence-corrected chi connectivity index (χ0v) is 11.2. The van der Waals surface area contributed by atoms with Crippen LogP contribution in [0.25, 0.3) is 0 Å². The molecule has 3 heteroatoms. The molecule has 16 heavy (non-hydrogen) atoms. The molecule has 0 aromatic carbocycles. The Kier molecular flexibility index (Phi) is 7.01. The number of hydrogen-bond acceptors (Lipinski definition) is 3. The molecule has 1 saturated heterocycles. The van der Waals surface area contributed by atoms with E-state index in [-0.39, 0.29) is 0 Å². The zero-order chi connectivity index (χ0) is 11.8. The smallest absolute Gasteiger partial charge is 0.0674 e. The van der Waals surface area contributed by atoms with Gasteiger partial charge in [-0.1, -0.05) is 13.3 Å². The van der Waals surface area contributed by atoms with Gasteiger partial charge in [0, 0.05) is 19.1 Å². The van der Waals surface area contributed by atoms with E-state index in [2.05, 4.69) is 31.0 Å². The Balaban J connectivity index is 1.98. The van der Waals surface area contributed by atoms with Crippen molar-refractivity contribution in [2.45, 2.75) is 52.2 Å². The second-order valence-corrected chi connectivity index (χ2v) is 4.94. The number of hydrogen-bond donors (Lipinski definition) is 1. The first-order valence-corrected chi connectivity index (χ1v) is 6.79. The van der Waals surface area contributed by atoms with Gasteiger partial charge in [-0.25, -0.2) is 0 Å².